The SMILES string of the molecule is C=CC(=O)N1N=Cc2ccccc2C1CCCCOC(N)=O. The zero-order valence-corrected chi connectivity index (χ0v) is 12.3. The number of benzene rings is 1. The molecule has 0 fully saturated rings. The highest BCUT2D eigenvalue weighted by atomic mass is 16.5. The molecule has 1 aromatic carbocycles. The van der Waals surface area contributed by atoms with Crippen LogP contribution in [0.4, 0.5) is 4.79 Å². The molecule has 6 nitrogen and oxygen atoms in total. The van der Waals surface area contributed by atoms with Crippen molar-refractivity contribution >= 4 is 18.2 Å². The third-order valence-electron chi connectivity index (χ3n) is 3.49. The number of hydrogen-bond acceptors (Lipinski definition) is 4. The summed E-state index contributed by atoms with van der Waals surface area (Å²) in [7, 11) is 0. The number of ether oxygens (including phenoxy) is 1. The van der Waals surface area contributed by atoms with Crippen molar-refractivity contribution in [1.29, 1.82) is 0 Å². The Balaban J connectivity index is 2.06. The summed E-state index contributed by atoms with van der Waals surface area (Å²) in [5.74, 6) is -0.232. The van der Waals surface area contributed by atoms with Gasteiger partial charge >= 0.3 is 6.09 Å². The molecule has 0 aliphatic carbocycles. The summed E-state index contributed by atoms with van der Waals surface area (Å²) in [4.78, 5) is 22.5. The predicted octanol–water partition coefficient (Wildman–Crippen LogP) is 2.36. The van der Waals surface area contributed by atoms with E-state index in [0.717, 1.165) is 24.0 Å². The van der Waals surface area contributed by atoms with E-state index in [2.05, 4.69) is 11.7 Å². The summed E-state index contributed by atoms with van der Waals surface area (Å²) < 4.78 is 4.71. The van der Waals surface area contributed by atoms with Gasteiger partial charge in [0.25, 0.3) is 5.91 Å². The van der Waals surface area contributed by atoms with Crippen molar-refractivity contribution in [3.05, 3.63) is 48.0 Å². The lowest BCUT2D eigenvalue weighted by molar-refractivity contribution is -0.128. The molecule has 2 amide bonds. The van der Waals surface area contributed by atoms with E-state index in [1.807, 2.05) is 24.3 Å². The van der Waals surface area contributed by atoms with Crippen molar-refractivity contribution < 1.29 is 14.3 Å². The number of rotatable bonds is 6. The first-order valence-electron chi connectivity index (χ1n) is 7.14. The molecular formula is C16H19N3O3. The van der Waals surface area contributed by atoms with E-state index in [0.29, 0.717) is 6.42 Å². The maximum atomic E-state index is 12.0. The van der Waals surface area contributed by atoms with E-state index in [1.165, 1.54) is 11.1 Å². The fourth-order valence-corrected chi connectivity index (χ4v) is 2.46. The van der Waals surface area contributed by atoms with Gasteiger partial charge in [-0.05, 0) is 36.5 Å². The summed E-state index contributed by atoms with van der Waals surface area (Å²) in [6, 6.07) is 7.71. The van der Waals surface area contributed by atoms with E-state index in [9.17, 15) is 9.59 Å². The predicted molar refractivity (Wildman–Crippen MR) is 83.2 cm³/mol. The second kappa shape index (κ2) is 7.40. The molecule has 0 saturated carbocycles. The smallest absolute Gasteiger partial charge is 0.404 e. The van der Waals surface area contributed by atoms with Crippen molar-refractivity contribution in [3.8, 4) is 0 Å². The molecule has 0 spiro atoms. The fraction of sp³-hybridized carbons (Fsp3) is 0.312. The third-order valence-corrected chi connectivity index (χ3v) is 3.49. The number of amides is 2. The van der Waals surface area contributed by atoms with Crippen LogP contribution in [-0.4, -0.2) is 29.8 Å². The quantitative estimate of drug-likeness (QED) is 0.646. The maximum absolute atomic E-state index is 12.0. The average Bonchev–Trinajstić information content (AvgIpc) is 2.53. The Morgan fingerprint density at radius 3 is 2.86 bits per heavy atom. The van der Waals surface area contributed by atoms with Gasteiger partial charge in [0.1, 0.15) is 0 Å². The Labute approximate surface area is 129 Å². The van der Waals surface area contributed by atoms with Gasteiger partial charge in [-0.3, -0.25) is 4.79 Å². The first-order chi connectivity index (χ1) is 10.6. The lowest BCUT2D eigenvalue weighted by Gasteiger charge is -2.31. The van der Waals surface area contributed by atoms with Crippen molar-refractivity contribution in [2.24, 2.45) is 10.8 Å². The normalized spacial score (nSPS) is 16.0. The summed E-state index contributed by atoms with van der Waals surface area (Å²) in [5, 5.41) is 5.68. The van der Waals surface area contributed by atoms with Crippen LogP contribution in [0.1, 0.15) is 36.4 Å². The molecule has 0 radical (unpaired) electrons. The van der Waals surface area contributed by atoms with Gasteiger partial charge in [0, 0.05) is 0 Å². The number of carbonyl (C=O) groups excluding carboxylic acids is 2. The molecule has 1 aliphatic heterocycles. The summed E-state index contributed by atoms with van der Waals surface area (Å²) in [6.45, 7) is 3.80. The van der Waals surface area contributed by atoms with Gasteiger partial charge in [0.15, 0.2) is 0 Å². The van der Waals surface area contributed by atoms with E-state index in [1.54, 1.807) is 6.21 Å². The molecular weight excluding hydrogens is 282 g/mol. The summed E-state index contributed by atoms with van der Waals surface area (Å²) in [5.41, 5.74) is 6.98. The summed E-state index contributed by atoms with van der Waals surface area (Å²) in [6.07, 6.45) is 4.36. The van der Waals surface area contributed by atoms with Crippen LogP contribution in [0.15, 0.2) is 42.0 Å². The van der Waals surface area contributed by atoms with Gasteiger partial charge in [-0.15, -0.1) is 0 Å². The molecule has 0 saturated heterocycles. The van der Waals surface area contributed by atoms with Gasteiger partial charge in [-0.25, -0.2) is 9.80 Å². The van der Waals surface area contributed by atoms with Crippen LogP contribution >= 0.6 is 0 Å². The highest BCUT2D eigenvalue weighted by Crippen LogP contribution is 2.31. The lowest BCUT2D eigenvalue weighted by Crippen LogP contribution is -2.32. The van der Waals surface area contributed by atoms with E-state index >= 15 is 0 Å². The first kappa shape index (κ1) is 15.8. The van der Waals surface area contributed by atoms with Gasteiger partial charge < -0.3 is 10.5 Å². The van der Waals surface area contributed by atoms with Gasteiger partial charge in [-0.2, -0.15) is 5.10 Å². The maximum Gasteiger partial charge on any atom is 0.404 e. The molecule has 1 atom stereocenters. The Morgan fingerprint density at radius 1 is 1.36 bits per heavy atom. The molecule has 2 rings (SSSR count). The minimum atomic E-state index is -0.768. The van der Waals surface area contributed by atoms with Gasteiger partial charge in [0.2, 0.25) is 0 Å². The monoisotopic (exact) mass is 301 g/mol. The Kier molecular flexibility index (Phi) is 5.30. The Bertz CT molecular complexity index is 598. The van der Waals surface area contributed by atoms with Gasteiger partial charge in [-0.1, -0.05) is 30.8 Å². The average molecular weight is 301 g/mol. The van der Waals surface area contributed by atoms with E-state index < -0.39 is 6.09 Å². The number of hydrogen-bond donors (Lipinski definition) is 1. The molecule has 1 unspecified atom stereocenters. The standard InChI is InChI=1S/C16H19N3O3/c1-2-15(20)19-14(9-5-6-10-22-16(17)21)13-8-4-3-7-12(13)11-18-19/h2-4,7-8,11,14H,1,5-6,9-10H2,(H2,17,21). The van der Waals surface area contributed by atoms with Crippen molar-refractivity contribution in [3.63, 3.8) is 0 Å². The molecule has 1 heterocycles. The number of primary amides is 1. The molecule has 2 N–H and O–H groups in total. The van der Waals surface area contributed by atoms with Crippen molar-refractivity contribution in [2.75, 3.05) is 6.61 Å². The highest BCUT2D eigenvalue weighted by Gasteiger charge is 2.27. The van der Waals surface area contributed by atoms with Crippen LogP contribution < -0.4 is 5.73 Å². The van der Waals surface area contributed by atoms with Gasteiger partial charge in [0.05, 0.1) is 18.9 Å². The van der Waals surface area contributed by atoms with Crippen LogP contribution in [0.25, 0.3) is 0 Å². The van der Waals surface area contributed by atoms with Crippen LogP contribution in [0.2, 0.25) is 0 Å². The molecule has 1 aromatic rings. The number of fused-ring (bicyclic) bond motifs is 1. The largest absolute Gasteiger partial charge is 0.450 e. The second-order valence-electron chi connectivity index (χ2n) is 4.94. The minimum absolute atomic E-state index is 0.139. The lowest BCUT2D eigenvalue weighted by atomic mass is 9.95. The number of hydrazone groups is 1. The third kappa shape index (κ3) is 3.72. The fourth-order valence-electron chi connectivity index (χ4n) is 2.46. The van der Waals surface area contributed by atoms with Crippen molar-refractivity contribution in [2.45, 2.75) is 25.3 Å². The topological polar surface area (TPSA) is 85.0 Å². The van der Waals surface area contributed by atoms with Crippen LogP contribution in [0.3, 0.4) is 0 Å². The molecule has 1 aliphatic rings. The first-order valence-corrected chi connectivity index (χ1v) is 7.14. The molecule has 116 valence electrons. The second-order valence-corrected chi connectivity index (χ2v) is 4.94. The number of unbranched alkanes of at least 4 members (excludes halogenated alkanes) is 1. The van der Waals surface area contributed by atoms with Crippen LogP contribution in [-0.2, 0) is 9.53 Å². The zero-order valence-electron chi connectivity index (χ0n) is 12.3. The molecule has 0 bridgehead atoms. The van der Waals surface area contributed by atoms with Crippen molar-refractivity contribution in [1.82, 2.24) is 5.01 Å². The number of carbonyl (C=O) groups is 2. The van der Waals surface area contributed by atoms with Crippen LogP contribution in [0, 0.1) is 0 Å². The number of nitrogens with two attached hydrogens (primary N) is 1. The molecule has 6 heteroatoms. The summed E-state index contributed by atoms with van der Waals surface area (Å²) >= 11 is 0. The molecule has 22 heavy (non-hydrogen) atoms. The molecule has 0 aromatic heterocycles. The van der Waals surface area contributed by atoms with E-state index in [4.69, 9.17) is 10.5 Å². The van der Waals surface area contributed by atoms with E-state index in [-0.39, 0.29) is 18.6 Å². The Morgan fingerprint density at radius 2 is 2.14 bits per heavy atom. The number of nitrogens with zero attached hydrogens (tertiary/aromatic N) is 2. The minimum Gasteiger partial charge on any atom is -0.450 e. The zero-order chi connectivity index (χ0) is 15.9. The van der Waals surface area contributed by atoms with Crippen LogP contribution in [0.5, 0.6) is 0 Å². The Hall–Kier alpha value is -2.63. The highest BCUT2D eigenvalue weighted by molar-refractivity contribution is 5.91.